The standard InChI is InChI=1S/C9H16O2/c1-6-7(2)11-9(3,10-6)8-4-5-8/h6-8H,4-5H2,1-3H3. The maximum Gasteiger partial charge on any atom is 0.169 e. The Bertz CT molecular complexity index is 153. The molecule has 1 aliphatic carbocycles. The maximum absolute atomic E-state index is 5.76. The molecule has 0 radical (unpaired) electrons. The fourth-order valence-corrected chi connectivity index (χ4v) is 1.76. The van der Waals surface area contributed by atoms with Gasteiger partial charge >= 0.3 is 0 Å². The molecule has 2 fully saturated rings. The Kier molecular flexibility index (Phi) is 1.52. The summed E-state index contributed by atoms with van der Waals surface area (Å²) in [6.07, 6.45) is 3.08. The minimum atomic E-state index is -0.251. The second-order valence-electron chi connectivity index (χ2n) is 3.94. The Hall–Kier alpha value is -0.0800. The van der Waals surface area contributed by atoms with Gasteiger partial charge in [-0.1, -0.05) is 0 Å². The van der Waals surface area contributed by atoms with Gasteiger partial charge in [0, 0.05) is 5.92 Å². The van der Waals surface area contributed by atoms with Gasteiger partial charge in [-0.2, -0.15) is 0 Å². The summed E-state index contributed by atoms with van der Waals surface area (Å²) in [6.45, 7) is 6.24. The third-order valence-electron chi connectivity index (χ3n) is 2.82. The number of ether oxygens (including phenoxy) is 2. The highest BCUT2D eigenvalue weighted by atomic mass is 16.8. The molecule has 1 heterocycles. The van der Waals surface area contributed by atoms with Crippen LogP contribution in [0.25, 0.3) is 0 Å². The zero-order valence-corrected chi connectivity index (χ0v) is 7.46. The molecule has 0 aromatic rings. The molecular weight excluding hydrogens is 140 g/mol. The molecule has 1 saturated heterocycles. The summed E-state index contributed by atoms with van der Waals surface area (Å²) >= 11 is 0. The van der Waals surface area contributed by atoms with E-state index in [0.717, 1.165) is 0 Å². The topological polar surface area (TPSA) is 18.5 Å². The van der Waals surface area contributed by atoms with E-state index in [1.54, 1.807) is 0 Å². The van der Waals surface area contributed by atoms with Crippen LogP contribution in [0, 0.1) is 5.92 Å². The number of hydrogen-bond donors (Lipinski definition) is 0. The Morgan fingerprint density at radius 2 is 1.55 bits per heavy atom. The molecule has 1 aliphatic heterocycles. The van der Waals surface area contributed by atoms with Crippen molar-refractivity contribution >= 4 is 0 Å². The van der Waals surface area contributed by atoms with E-state index in [1.807, 2.05) is 0 Å². The molecule has 2 aliphatic rings. The first-order valence-electron chi connectivity index (χ1n) is 4.47. The van der Waals surface area contributed by atoms with Crippen LogP contribution in [0.2, 0.25) is 0 Å². The molecule has 2 heteroatoms. The lowest BCUT2D eigenvalue weighted by Gasteiger charge is -2.22. The summed E-state index contributed by atoms with van der Waals surface area (Å²) in [4.78, 5) is 0. The van der Waals surface area contributed by atoms with Crippen molar-refractivity contribution < 1.29 is 9.47 Å². The molecule has 0 aromatic heterocycles. The zero-order chi connectivity index (χ0) is 8.06. The first-order valence-corrected chi connectivity index (χ1v) is 4.47. The van der Waals surface area contributed by atoms with Crippen molar-refractivity contribution in [1.82, 2.24) is 0 Å². The van der Waals surface area contributed by atoms with Crippen molar-refractivity contribution in [1.29, 1.82) is 0 Å². The molecule has 2 rings (SSSR count). The van der Waals surface area contributed by atoms with Crippen LogP contribution in [0.1, 0.15) is 33.6 Å². The minimum Gasteiger partial charge on any atom is -0.344 e. The van der Waals surface area contributed by atoms with Crippen LogP contribution in [0.3, 0.4) is 0 Å². The average Bonchev–Trinajstić information content (AvgIpc) is 2.64. The quantitative estimate of drug-likeness (QED) is 0.577. The van der Waals surface area contributed by atoms with Crippen LogP contribution in [-0.2, 0) is 9.47 Å². The van der Waals surface area contributed by atoms with Crippen LogP contribution in [0.15, 0.2) is 0 Å². The first-order chi connectivity index (χ1) is 5.12. The summed E-state index contributed by atoms with van der Waals surface area (Å²) in [5.74, 6) is 0.411. The molecule has 2 unspecified atom stereocenters. The smallest absolute Gasteiger partial charge is 0.169 e. The highest BCUT2D eigenvalue weighted by molar-refractivity contribution is 4.91. The van der Waals surface area contributed by atoms with E-state index >= 15 is 0 Å². The van der Waals surface area contributed by atoms with Crippen LogP contribution in [0.4, 0.5) is 0 Å². The maximum atomic E-state index is 5.76. The van der Waals surface area contributed by atoms with E-state index in [4.69, 9.17) is 9.47 Å². The van der Waals surface area contributed by atoms with Crippen molar-refractivity contribution in [3.05, 3.63) is 0 Å². The van der Waals surface area contributed by atoms with Gasteiger partial charge in [0.1, 0.15) is 0 Å². The molecule has 0 amide bonds. The van der Waals surface area contributed by atoms with Gasteiger partial charge in [-0.3, -0.25) is 0 Å². The largest absolute Gasteiger partial charge is 0.344 e. The Morgan fingerprint density at radius 3 is 1.91 bits per heavy atom. The molecule has 0 N–H and O–H groups in total. The lowest BCUT2D eigenvalue weighted by Crippen LogP contribution is -2.29. The molecule has 1 saturated carbocycles. The van der Waals surface area contributed by atoms with Crippen molar-refractivity contribution in [3.8, 4) is 0 Å². The highest BCUT2D eigenvalue weighted by Gasteiger charge is 2.50. The van der Waals surface area contributed by atoms with E-state index < -0.39 is 0 Å². The normalized spacial score (nSPS) is 51.5. The van der Waals surface area contributed by atoms with Gasteiger partial charge in [0.05, 0.1) is 12.2 Å². The van der Waals surface area contributed by atoms with Crippen LogP contribution in [-0.4, -0.2) is 18.0 Å². The van der Waals surface area contributed by atoms with E-state index in [-0.39, 0.29) is 18.0 Å². The van der Waals surface area contributed by atoms with Crippen molar-refractivity contribution in [3.63, 3.8) is 0 Å². The highest BCUT2D eigenvalue weighted by Crippen LogP contribution is 2.46. The SMILES string of the molecule is CC1OC(C)(C2CC2)OC1C. The van der Waals surface area contributed by atoms with Gasteiger partial charge in [-0.05, 0) is 33.6 Å². The predicted molar refractivity (Wildman–Crippen MR) is 42.2 cm³/mol. The molecule has 11 heavy (non-hydrogen) atoms. The fourth-order valence-electron chi connectivity index (χ4n) is 1.76. The van der Waals surface area contributed by atoms with Gasteiger partial charge in [0.15, 0.2) is 5.79 Å². The number of hydrogen-bond acceptors (Lipinski definition) is 2. The lowest BCUT2D eigenvalue weighted by molar-refractivity contribution is -0.173. The molecule has 64 valence electrons. The summed E-state index contributed by atoms with van der Waals surface area (Å²) < 4.78 is 11.5. The fraction of sp³-hybridized carbons (Fsp3) is 1.00. The van der Waals surface area contributed by atoms with E-state index in [0.29, 0.717) is 5.92 Å². The van der Waals surface area contributed by atoms with Gasteiger partial charge < -0.3 is 9.47 Å². The predicted octanol–water partition coefficient (Wildman–Crippen LogP) is 1.94. The van der Waals surface area contributed by atoms with Crippen LogP contribution < -0.4 is 0 Å². The van der Waals surface area contributed by atoms with Crippen molar-refractivity contribution in [2.75, 3.05) is 0 Å². The van der Waals surface area contributed by atoms with Gasteiger partial charge in [0.2, 0.25) is 0 Å². The first kappa shape index (κ1) is 7.56. The summed E-state index contributed by atoms with van der Waals surface area (Å²) in [7, 11) is 0. The van der Waals surface area contributed by atoms with Crippen molar-refractivity contribution in [2.45, 2.75) is 51.6 Å². The van der Waals surface area contributed by atoms with Gasteiger partial charge in [-0.25, -0.2) is 0 Å². The second kappa shape index (κ2) is 2.20. The molecule has 2 atom stereocenters. The average molecular weight is 156 g/mol. The van der Waals surface area contributed by atoms with Crippen molar-refractivity contribution in [2.24, 2.45) is 5.92 Å². The summed E-state index contributed by atoms with van der Waals surface area (Å²) in [5.41, 5.74) is 0. The summed E-state index contributed by atoms with van der Waals surface area (Å²) in [5, 5.41) is 0. The Morgan fingerprint density at radius 1 is 1.09 bits per heavy atom. The molecule has 0 bridgehead atoms. The summed E-state index contributed by atoms with van der Waals surface area (Å²) in [6, 6.07) is 0. The molecule has 2 nitrogen and oxygen atoms in total. The second-order valence-corrected chi connectivity index (χ2v) is 3.94. The Labute approximate surface area is 67.9 Å². The molecule has 0 aromatic carbocycles. The zero-order valence-electron chi connectivity index (χ0n) is 7.46. The monoisotopic (exact) mass is 156 g/mol. The number of rotatable bonds is 1. The molecular formula is C9H16O2. The third-order valence-corrected chi connectivity index (χ3v) is 2.82. The van der Waals surface area contributed by atoms with Crippen LogP contribution in [0.5, 0.6) is 0 Å². The third kappa shape index (κ3) is 1.18. The van der Waals surface area contributed by atoms with Gasteiger partial charge in [-0.15, -0.1) is 0 Å². The van der Waals surface area contributed by atoms with E-state index in [9.17, 15) is 0 Å². The van der Waals surface area contributed by atoms with Gasteiger partial charge in [0.25, 0.3) is 0 Å². The minimum absolute atomic E-state index is 0.251. The van der Waals surface area contributed by atoms with E-state index in [2.05, 4.69) is 20.8 Å². The lowest BCUT2D eigenvalue weighted by atomic mass is 10.2. The molecule has 0 spiro atoms. The van der Waals surface area contributed by atoms with E-state index in [1.165, 1.54) is 12.8 Å². The van der Waals surface area contributed by atoms with Crippen LogP contribution >= 0.6 is 0 Å². The Balaban J connectivity index is 2.05.